The van der Waals surface area contributed by atoms with Gasteiger partial charge in [-0.1, -0.05) is 0 Å². The summed E-state index contributed by atoms with van der Waals surface area (Å²) in [6, 6.07) is 4.67. The van der Waals surface area contributed by atoms with Gasteiger partial charge < -0.3 is 5.73 Å². The van der Waals surface area contributed by atoms with Crippen LogP contribution in [0.1, 0.15) is 24.6 Å². The Hall–Kier alpha value is 0.140. The van der Waals surface area contributed by atoms with Crippen LogP contribution in [0.5, 0.6) is 0 Å². The molecule has 1 fully saturated rings. The van der Waals surface area contributed by atoms with Crippen LogP contribution in [0.4, 0.5) is 0 Å². The lowest BCUT2D eigenvalue weighted by Gasteiger charge is -2.18. The summed E-state index contributed by atoms with van der Waals surface area (Å²) in [5, 5.41) is 0. The molecule has 1 saturated carbocycles. The van der Waals surface area contributed by atoms with Gasteiger partial charge in [0.05, 0.1) is 3.79 Å². The summed E-state index contributed by atoms with van der Waals surface area (Å²) in [5.41, 5.74) is 6.42. The first-order valence-corrected chi connectivity index (χ1v) is 6.23. The molecule has 3 heteroatoms. The number of nitrogens with two attached hydrogens (primary N) is 1. The molecular formula is C10H14BrNS. The van der Waals surface area contributed by atoms with Crippen molar-refractivity contribution in [2.24, 2.45) is 11.1 Å². The fourth-order valence-electron chi connectivity index (χ4n) is 1.75. The van der Waals surface area contributed by atoms with Crippen molar-refractivity contribution in [3.8, 4) is 0 Å². The predicted molar refractivity (Wildman–Crippen MR) is 61.0 cm³/mol. The molecular weight excluding hydrogens is 246 g/mol. The molecule has 1 aromatic rings. The lowest BCUT2D eigenvalue weighted by atomic mass is 9.94. The van der Waals surface area contributed by atoms with Crippen LogP contribution in [-0.4, -0.2) is 6.04 Å². The highest BCUT2D eigenvalue weighted by molar-refractivity contribution is 9.11. The molecule has 72 valence electrons. The Labute approximate surface area is 91.5 Å². The Morgan fingerprint density at radius 2 is 2.31 bits per heavy atom. The zero-order chi connectivity index (χ0) is 9.47. The third kappa shape index (κ3) is 1.97. The van der Waals surface area contributed by atoms with Crippen molar-refractivity contribution < 1.29 is 0 Å². The molecule has 1 atom stereocenters. The Morgan fingerprint density at radius 1 is 1.62 bits per heavy atom. The number of halogens is 1. The summed E-state index contributed by atoms with van der Waals surface area (Å²) < 4.78 is 1.22. The summed E-state index contributed by atoms with van der Waals surface area (Å²) in [7, 11) is 0. The van der Waals surface area contributed by atoms with Gasteiger partial charge in [-0.2, -0.15) is 0 Å². The maximum Gasteiger partial charge on any atom is 0.0701 e. The van der Waals surface area contributed by atoms with Crippen molar-refractivity contribution in [1.82, 2.24) is 0 Å². The first-order valence-electron chi connectivity index (χ1n) is 4.62. The molecule has 1 unspecified atom stereocenters. The summed E-state index contributed by atoms with van der Waals surface area (Å²) in [6.07, 6.45) is 3.78. The maximum atomic E-state index is 5.98. The Morgan fingerprint density at radius 3 is 2.69 bits per heavy atom. The van der Waals surface area contributed by atoms with Crippen molar-refractivity contribution in [3.05, 3.63) is 20.8 Å². The molecule has 2 N–H and O–H groups in total. The van der Waals surface area contributed by atoms with Crippen LogP contribution >= 0.6 is 27.3 Å². The van der Waals surface area contributed by atoms with Gasteiger partial charge >= 0.3 is 0 Å². The van der Waals surface area contributed by atoms with E-state index in [1.54, 1.807) is 0 Å². The quantitative estimate of drug-likeness (QED) is 0.887. The second-order valence-corrected chi connectivity index (χ2v) is 6.58. The van der Waals surface area contributed by atoms with Crippen molar-refractivity contribution >= 4 is 27.3 Å². The molecule has 1 heterocycles. The van der Waals surface area contributed by atoms with E-state index in [2.05, 4.69) is 35.0 Å². The third-order valence-corrected chi connectivity index (χ3v) is 4.64. The Balaban J connectivity index is 2.06. The third-order valence-electron chi connectivity index (χ3n) is 3.01. The van der Waals surface area contributed by atoms with Gasteiger partial charge in [-0.15, -0.1) is 11.3 Å². The second kappa shape index (κ2) is 3.37. The van der Waals surface area contributed by atoms with Gasteiger partial charge in [-0.05, 0) is 59.7 Å². The largest absolute Gasteiger partial charge is 0.327 e. The van der Waals surface area contributed by atoms with Gasteiger partial charge in [-0.25, -0.2) is 0 Å². The van der Waals surface area contributed by atoms with E-state index in [-0.39, 0.29) is 0 Å². The Kier molecular flexibility index (Phi) is 2.51. The summed E-state index contributed by atoms with van der Waals surface area (Å²) in [4.78, 5) is 1.46. The van der Waals surface area contributed by atoms with Crippen LogP contribution in [0.3, 0.4) is 0 Å². The minimum absolute atomic E-state index is 0.341. The normalized spacial score (nSPS) is 21.5. The fraction of sp³-hybridized carbons (Fsp3) is 0.600. The molecule has 13 heavy (non-hydrogen) atoms. The fourth-order valence-corrected chi connectivity index (χ4v) is 3.39. The van der Waals surface area contributed by atoms with Crippen LogP contribution in [0.15, 0.2) is 15.9 Å². The molecule has 0 saturated heterocycles. The number of thiophene rings is 1. The number of hydrogen-bond donors (Lipinski definition) is 1. The second-order valence-electron chi connectivity index (χ2n) is 4.03. The minimum Gasteiger partial charge on any atom is -0.327 e. The number of hydrogen-bond acceptors (Lipinski definition) is 2. The first-order chi connectivity index (χ1) is 6.12. The summed E-state index contributed by atoms with van der Waals surface area (Å²) in [5.74, 6) is 0. The van der Waals surface area contributed by atoms with Gasteiger partial charge in [0.25, 0.3) is 0 Å². The van der Waals surface area contributed by atoms with E-state index in [0.717, 1.165) is 0 Å². The lowest BCUT2D eigenvalue weighted by Crippen LogP contribution is -2.29. The highest BCUT2D eigenvalue weighted by Crippen LogP contribution is 2.51. The summed E-state index contributed by atoms with van der Waals surface area (Å²) >= 11 is 5.32. The van der Waals surface area contributed by atoms with E-state index < -0.39 is 0 Å². The summed E-state index contributed by atoms with van der Waals surface area (Å²) in [6.45, 7) is 2.13. The smallest absolute Gasteiger partial charge is 0.0701 e. The number of rotatable bonds is 3. The van der Waals surface area contributed by atoms with Gasteiger partial charge in [-0.3, -0.25) is 0 Å². The topological polar surface area (TPSA) is 26.0 Å². The average molecular weight is 260 g/mol. The predicted octanol–water partition coefficient (Wildman–Crippen LogP) is 3.18. The van der Waals surface area contributed by atoms with Crippen molar-refractivity contribution in [3.63, 3.8) is 0 Å². The zero-order valence-corrected chi connectivity index (χ0v) is 10.1. The molecule has 1 aliphatic carbocycles. The van der Waals surface area contributed by atoms with Gasteiger partial charge in [0.2, 0.25) is 0 Å². The Bertz CT molecular complexity index is 302. The standard InChI is InChI=1S/C10H14BrNS/c1-7(12)10(4-5-10)6-8-2-3-9(11)13-8/h2-3,7H,4-6,12H2,1H3. The monoisotopic (exact) mass is 259 g/mol. The van der Waals surface area contributed by atoms with Crippen LogP contribution in [0.2, 0.25) is 0 Å². The average Bonchev–Trinajstić information content (AvgIpc) is 2.72. The molecule has 0 bridgehead atoms. The van der Waals surface area contributed by atoms with Gasteiger partial charge in [0.1, 0.15) is 0 Å². The molecule has 1 aliphatic rings. The van der Waals surface area contributed by atoms with Crippen LogP contribution in [0, 0.1) is 5.41 Å². The van der Waals surface area contributed by atoms with Gasteiger partial charge in [0, 0.05) is 10.9 Å². The van der Waals surface area contributed by atoms with Crippen molar-refractivity contribution in [2.45, 2.75) is 32.2 Å². The minimum atomic E-state index is 0.341. The van der Waals surface area contributed by atoms with E-state index in [4.69, 9.17) is 5.73 Å². The van der Waals surface area contributed by atoms with E-state index in [9.17, 15) is 0 Å². The molecule has 1 aromatic heterocycles. The molecule has 0 spiro atoms. The van der Waals surface area contributed by atoms with Gasteiger partial charge in [0.15, 0.2) is 0 Å². The molecule has 0 aromatic carbocycles. The van der Waals surface area contributed by atoms with Crippen LogP contribution < -0.4 is 5.73 Å². The lowest BCUT2D eigenvalue weighted by molar-refractivity contribution is 0.421. The molecule has 1 nitrogen and oxygen atoms in total. The maximum absolute atomic E-state index is 5.98. The molecule has 0 radical (unpaired) electrons. The van der Waals surface area contributed by atoms with Crippen LogP contribution in [0.25, 0.3) is 0 Å². The SMILES string of the molecule is CC(N)C1(Cc2ccc(Br)s2)CC1. The van der Waals surface area contributed by atoms with E-state index >= 15 is 0 Å². The van der Waals surface area contributed by atoms with E-state index in [1.165, 1.54) is 27.9 Å². The van der Waals surface area contributed by atoms with E-state index in [1.807, 2.05) is 11.3 Å². The van der Waals surface area contributed by atoms with Crippen molar-refractivity contribution in [1.29, 1.82) is 0 Å². The zero-order valence-electron chi connectivity index (χ0n) is 7.72. The molecule has 0 aliphatic heterocycles. The highest BCUT2D eigenvalue weighted by Gasteiger charge is 2.45. The molecule has 2 rings (SSSR count). The molecule has 0 amide bonds. The first kappa shape index (κ1) is 9.69. The van der Waals surface area contributed by atoms with E-state index in [0.29, 0.717) is 11.5 Å². The van der Waals surface area contributed by atoms with Crippen LogP contribution in [-0.2, 0) is 6.42 Å². The van der Waals surface area contributed by atoms with Crippen molar-refractivity contribution in [2.75, 3.05) is 0 Å². The highest BCUT2D eigenvalue weighted by atomic mass is 79.9.